The molecule has 1 N–H and O–H groups in total. The lowest BCUT2D eigenvalue weighted by Gasteiger charge is -2.09. The van der Waals surface area contributed by atoms with Crippen molar-refractivity contribution in [2.24, 2.45) is 5.10 Å². The number of hydrogen-bond acceptors (Lipinski definition) is 5. The number of para-hydroxylation sites is 1. The van der Waals surface area contributed by atoms with Gasteiger partial charge in [-0.2, -0.15) is 5.10 Å². The standard InChI is InChI=1S/C22H20N2O4/c1-26-18-11-12-20(21(14-18)27-2)22(25)24-23-15-16-7-6-10-19(13-16)28-17-8-4-3-5-9-17/h3-15H,1-2H3,(H,24,25)/b23-15+. The van der Waals surface area contributed by atoms with E-state index in [1.165, 1.54) is 7.11 Å². The summed E-state index contributed by atoms with van der Waals surface area (Å²) in [5, 5.41) is 4.02. The summed E-state index contributed by atoms with van der Waals surface area (Å²) in [4.78, 5) is 12.4. The first-order valence-electron chi connectivity index (χ1n) is 8.58. The normalized spacial score (nSPS) is 10.5. The third-order valence-electron chi connectivity index (χ3n) is 3.87. The van der Waals surface area contributed by atoms with Crippen LogP contribution in [0.15, 0.2) is 77.9 Å². The molecule has 0 atom stereocenters. The van der Waals surface area contributed by atoms with Crippen LogP contribution >= 0.6 is 0 Å². The number of rotatable bonds is 7. The summed E-state index contributed by atoms with van der Waals surface area (Å²) in [5.41, 5.74) is 3.65. The summed E-state index contributed by atoms with van der Waals surface area (Å²) in [6, 6.07) is 21.8. The Kier molecular flexibility index (Phi) is 6.25. The second-order valence-electron chi connectivity index (χ2n) is 5.75. The fraction of sp³-hybridized carbons (Fsp3) is 0.0909. The highest BCUT2D eigenvalue weighted by Crippen LogP contribution is 2.24. The SMILES string of the molecule is COc1ccc(C(=O)N/N=C/c2cccc(Oc3ccccc3)c2)c(OC)c1. The monoisotopic (exact) mass is 376 g/mol. The van der Waals surface area contributed by atoms with E-state index in [0.29, 0.717) is 22.8 Å². The second-order valence-corrected chi connectivity index (χ2v) is 5.75. The lowest BCUT2D eigenvalue weighted by atomic mass is 10.2. The van der Waals surface area contributed by atoms with E-state index < -0.39 is 0 Å². The van der Waals surface area contributed by atoms with Crippen molar-refractivity contribution < 1.29 is 19.0 Å². The number of carbonyl (C=O) groups is 1. The van der Waals surface area contributed by atoms with Crippen molar-refractivity contribution in [3.05, 3.63) is 83.9 Å². The Bertz CT molecular complexity index is 971. The molecule has 0 fully saturated rings. The third-order valence-corrected chi connectivity index (χ3v) is 3.87. The fourth-order valence-corrected chi connectivity index (χ4v) is 2.49. The van der Waals surface area contributed by atoms with Crippen LogP contribution < -0.4 is 19.6 Å². The summed E-state index contributed by atoms with van der Waals surface area (Å²) in [6.07, 6.45) is 1.55. The Labute approximate surface area is 163 Å². The number of amides is 1. The van der Waals surface area contributed by atoms with Crippen molar-refractivity contribution in [2.75, 3.05) is 14.2 Å². The van der Waals surface area contributed by atoms with E-state index in [1.807, 2.05) is 54.6 Å². The molecule has 28 heavy (non-hydrogen) atoms. The van der Waals surface area contributed by atoms with E-state index in [2.05, 4.69) is 10.5 Å². The van der Waals surface area contributed by atoms with Gasteiger partial charge in [-0.3, -0.25) is 4.79 Å². The van der Waals surface area contributed by atoms with Crippen molar-refractivity contribution >= 4 is 12.1 Å². The van der Waals surface area contributed by atoms with Gasteiger partial charge in [0.1, 0.15) is 23.0 Å². The van der Waals surface area contributed by atoms with Crippen LogP contribution in [0.5, 0.6) is 23.0 Å². The number of nitrogens with zero attached hydrogens (tertiary/aromatic N) is 1. The lowest BCUT2D eigenvalue weighted by Crippen LogP contribution is -2.18. The van der Waals surface area contributed by atoms with Gasteiger partial charge in [0.2, 0.25) is 0 Å². The van der Waals surface area contributed by atoms with Crippen LogP contribution in [-0.2, 0) is 0 Å². The van der Waals surface area contributed by atoms with Crippen LogP contribution in [0.2, 0.25) is 0 Å². The van der Waals surface area contributed by atoms with Crippen molar-refractivity contribution in [1.29, 1.82) is 0 Å². The van der Waals surface area contributed by atoms with Crippen LogP contribution in [0.3, 0.4) is 0 Å². The minimum atomic E-state index is -0.382. The summed E-state index contributed by atoms with van der Waals surface area (Å²) in [5.74, 6) is 2.06. The van der Waals surface area contributed by atoms with Gasteiger partial charge in [0.05, 0.1) is 26.0 Å². The van der Waals surface area contributed by atoms with Gasteiger partial charge in [-0.05, 0) is 42.0 Å². The molecule has 6 nitrogen and oxygen atoms in total. The molecule has 0 bridgehead atoms. The van der Waals surface area contributed by atoms with Crippen LogP contribution in [0, 0.1) is 0 Å². The average molecular weight is 376 g/mol. The quantitative estimate of drug-likeness (QED) is 0.494. The summed E-state index contributed by atoms with van der Waals surface area (Å²) < 4.78 is 16.2. The number of hydrazone groups is 1. The lowest BCUT2D eigenvalue weighted by molar-refractivity contribution is 0.0952. The predicted octanol–water partition coefficient (Wildman–Crippen LogP) is 4.26. The maximum atomic E-state index is 12.4. The minimum absolute atomic E-state index is 0.363. The highest BCUT2D eigenvalue weighted by molar-refractivity contribution is 5.97. The Balaban J connectivity index is 1.66. The van der Waals surface area contributed by atoms with Gasteiger partial charge >= 0.3 is 0 Å². The van der Waals surface area contributed by atoms with Gasteiger partial charge in [-0.1, -0.05) is 30.3 Å². The van der Waals surface area contributed by atoms with Crippen LogP contribution in [0.4, 0.5) is 0 Å². The van der Waals surface area contributed by atoms with Crippen LogP contribution in [-0.4, -0.2) is 26.3 Å². The average Bonchev–Trinajstić information content (AvgIpc) is 2.74. The van der Waals surface area contributed by atoms with Gasteiger partial charge in [-0.25, -0.2) is 5.43 Å². The van der Waals surface area contributed by atoms with Crippen molar-refractivity contribution in [2.45, 2.75) is 0 Å². The van der Waals surface area contributed by atoms with Gasteiger partial charge in [-0.15, -0.1) is 0 Å². The van der Waals surface area contributed by atoms with Crippen molar-refractivity contribution in [3.63, 3.8) is 0 Å². The zero-order valence-corrected chi connectivity index (χ0v) is 15.6. The highest BCUT2D eigenvalue weighted by atomic mass is 16.5. The summed E-state index contributed by atoms with van der Waals surface area (Å²) in [6.45, 7) is 0. The molecule has 3 rings (SSSR count). The fourth-order valence-electron chi connectivity index (χ4n) is 2.49. The highest BCUT2D eigenvalue weighted by Gasteiger charge is 2.12. The van der Waals surface area contributed by atoms with E-state index in [0.717, 1.165) is 11.3 Å². The van der Waals surface area contributed by atoms with Crippen molar-refractivity contribution in [3.8, 4) is 23.0 Å². The summed E-state index contributed by atoms with van der Waals surface area (Å²) in [7, 11) is 3.04. The Morgan fingerprint density at radius 2 is 1.64 bits per heavy atom. The van der Waals surface area contributed by atoms with E-state index >= 15 is 0 Å². The Morgan fingerprint density at radius 1 is 0.857 bits per heavy atom. The van der Waals surface area contributed by atoms with Gasteiger partial charge in [0.15, 0.2) is 0 Å². The van der Waals surface area contributed by atoms with E-state index in [9.17, 15) is 4.79 Å². The minimum Gasteiger partial charge on any atom is -0.497 e. The number of nitrogens with one attached hydrogen (secondary N) is 1. The maximum Gasteiger partial charge on any atom is 0.275 e. The molecule has 0 radical (unpaired) electrons. The van der Waals surface area contributed by atoms with E-state index in [1.54, 1.807) is 31.5 Å². The Morgan fingerprint density at radius 3 is 2.39 bits per heavy atom. The zero-order chi connectivity index (χ0) is 19.8. The molecule has 0 saturated carbocycles. The molecule has 0 heterocycles. The van der Waals surface area contributed by atoms with Crippen molar-refractivity contribution in [1.82, 2.24) is 5.43 Å². The molecule has 0 aliphatic rings. The second kappa shape index (κ2) is 9.23. The maximum absolute atomic E-state index is 12.4. The molecule has 0 spiro atoms. The molecule has 3 aromatic carbocycles. The molecule has 6 heteroatoms. The van der Waals surface area contributed by atoms with Crippen LogP contribution in [0.1, 0.15) is 15.9 Å². The third kappa shape index (κ3) is 4.88. The van der Waals surface area contributed by atoms with E-state index in [4.69, 9.17) is 14.2 Å². The molecular weight excluding hydrogens is 356 g/mol. The van der Waals surface area contributed by atoms with Crippen LogP contribution in [0.25, 0.3) is 0 Å². The molecule has 0 aliphatic carbocycles. The smallest absolute Gasteiger partial charge is 0.275 e. The molecule has 0 unspecified atom stereocenters. The molecule has 0 saturated heterocycles. The largest absolute Gasteiger partial charge is 0.497 e. The number of methoxy groups -OCH3 is 2. The molecule has 3 aromatic rings. The number of hydrogen-bond donors (Lipinski definition) is 1. The van der Waals surface area contributed by atoms with Gasteiger partial charge < -0.3 is 14.2 Å². The topological polar surface area (TPSA) is 69.2 Å². The first-order chi connectivity index (χ1) is 13.7. The Hall–Kier alpha value is -3.80. The number of benzene rings is 3. The van der Waals surface area contributed by atoms with Gasteiger partial charge in [0, 0.05) is 6.07 Å². The number of carbonyl (C=O) groups excluding carboxylic acids is 1. The molecule has 0 aliphatic heterocycles. The molecular formula is C22H20N2O4. The molecule has 0 aromatic heterocycles. The summed E-state index contributed by atoms with van der Waals surface area (Å²) >= 11 is 0. The number of ether oxygens (including phenoxy) is 3. The van der Waals surface area contributed by atoms with Gasteiger partial charge in [0.25, 0.3) is 5.91 Å². The first kappa shape index (κ1) is 19.0. The zero-order valence-electron chi connectivity index (χ0n) is 15.6. The predicted molar refractivity (Wildman–Crippen MR) is 108 cm³/mol. The molecule has 142 valence electrons. The molecule has 1 amide bonds. The first-order valence-corrected chi connectivity index (χ1v) is 8.58. The van der Waals surface area contributed by atoms with E-state index in [-0.39, 0.29) is 5.91 Å².